The minimum atomic E-state index is 0.277. The summed E-state index contributed by atoms with van der Waals surface area (Å²) < 4.78 is 5.92. The second kappa shape index (κ2) is 7.59. The van der Waals surface area contributed by atoms with Crippen molar-refractivity contribution >= 4 is 0 Å². The molecule has 25 heavy (non-hydrogen) atoms. The Balaban J connectivity index is 1.86. The fraction of sp³-hybridized carbons (Fsp3) is 0.455. The van der Waals surface area contributed by atoms with E-state index in [9.17, 15) is 0 Å². The standard InChI is InChI=1S/C22H30N2O/c1-15-12-17(3)21(13-16(15)2)22-20-7-6-19(25-11-10-24(4)5)14-18(20)8-9-23-22/h6-7,12-14,22-23H,8-11H2,1-5H3. The zero-order valence-corrected chi connectivity index (χ0v) is 16.1. The molecule has 2 aromatic carbocycles. The van der Waals surface area contributed by atoms with E-state index in [4.69, 9.17) is 4.74 Å². The summed E-state index contributed by atoms with van der Waals surface area (Å²) in [4.78, 5) is 2.14. The molecule has 1 aliphatic rings. The lowest BCUT2D eigenvalue weighted by Crippen LogP contribution is -2.31. The molecule has 1 N–H and O–H groups in total. The third-order valence-electron chi connectivity index (χ3n) is 5.17. The molecule has 1 aliphatic heterocycles. The second-order valence-corrected chi connectivity index (χ2v) is 7.44. The summed E-state index contributed by atoms with van der Waals surface area (Å²) in [5.41, 5.74) is 8.27. The number of hydrogen-bond donors (Lipinski definition) is 1. The van der Waals surface area contributed by atoms with Gasteiger partial charge in [-0.1, -0.05) is 18.2 Å². The van der Waals surface area contributed by atoms with Crippen LogP contribution in [-0.2, 0) is 6.42 Å². The van der Waals surface area contributed by atoms with Gasteiger partial charge in [-0.15, -0.1) is 0 Å². The van der Waals surface area contributed by atoms with E-state index in [1.807, 2.05) is 0 Å². The summed E-state index contributed by atoms with van der Waals surface area (Å²) in [6, 6.07) is 11.5. The first kappa shape index (κ1) is 18.0. The molecule has 0 radical (unpaired) electrons. The molecule has 134 valence electrons. The van der Waals surface area contributed by atoms with Gasteiger partial charge in [0.1, 0.15) is 12.4 Å². The smallest absolute Gasteiger partial charge is 0.119 e. The van der Waals surface area contributed by atoms with Crippen molar-refractivity contribution in [3.05, 3.63) is 63.7 Å². The van der Waals surface area contributed by atoms with Crippen molar-refractivity contribution in [1.29, 1.82) is 0 Å². The summed E-state index contributed by atoms with van der Waals surface area (Å²) >= 11 is 0. The molecule has 0 fully saturated rings. The van der Waals surface area contributed by atoms with Crippen LogP contribution in [0.3, 0.4) is 0 Å². The molecule has 1 unspecified atom stereocenters. The average molecular weight is 338 g/mol. The van der Waals surface area contributed by atoms with Crippen LogP contribution >= 0.6 is 0 Å². The van der Waals surface area contributed by atoms with Gasteiger partial charge in [-0.25, -0.2) is 0 Å². The first-order valence-electron chi connectivity index (χ1n) is 9.17. The Morgan fingerprint density at radius 1 is 1.00 bits per heavy atom. The predicted molar refractivity (Wildman–Crippen MR) is 105 cm³/mol. The van der Waals surface area contributed by atoms with Gasteiger partial charge in [-0.05, 0) is 86.8 Å². The Labute approximate surface area is 152 Å². The van der Waals surface area contributed by atoms with E-state index in [0.717, 1.165) is 31.9 Å². The summed E-state index contributed by atoms with van der Waals surface area (Å²) in [7, 11) is 4.14. The van der Waals surface area contributed by atoms with Gasteiger partial charge in [0, 0.05) is 13.1 Å². The van der Waals surface area contributed by atoms with Gasteiger partial charge >= 0.3 is 0 Å². The van der Waals surface area contributed by atoms with Crippen LogP contribution in [0.1, 0.15) is 39.4 Å². The van der Waals surface area contributed by atoms with Crippen molar-refractivity contribution < 1.29 is 4.74 Å². The van der Waals surface area contributed by atoms with E-state index in [1.54, 1.807) is 0 Å². The molecular formula is C22H30N2O. The van der Waals surface area contributed by atoms with Crippen LogP contribution in [0, 0.1) is 20.8 Å². The highest BCUT2D eigenvalue weighted by Gasteiger charge is 2.23. The molecule has 2 aromatic rings. The Hall–Kier alpha value is -1.84. The molecule has 0 aliphatic carbocycles. The average Bonchev–Trinajstić information content (AvgIpc) is 2.57. The lowest BCUT2D eigenvalue weighted by molar-refractivity contribution is 0.261. The lowest BCUT2D eigenvalue weighted by Gasteiger charge is -2.29. The van der Waals surface area contributed by atoms with Crippen molar-refractivity contribution in [3.8, 4) is 5.75 Å². The Morgan fingerprint density at radius 3 is 2.52 bits per heavy atom. The van der Waals surface area contributed by atoms with Crippen LogP contribution in [0.4, 0.5) is 0 Å². The molecule has 0 spiro atoms. The summed E-state index contributed by atoms with van der Waals surface area (Å²) in [5.74, 6) is 0.984. The minimum absolute atomic E-state index is 0.277. The minimum Gasteiger partial charge on any atom is -0.492 e. The van der Waals surface area contributed by atoms with Crippen molar-refractivity contribution in [3.63, 3.8) is 0 Å². The first-order valence-corrected chi connectivity index (χ1v) is 9.17. The highest BCUT2D eigenvalue weighted by atomic mass is 16.5. The van der Waals surface area contributed by atoms with Crippen LogP contribution in [0.15, 0.2) is 30.3 Å². The molecule has 3 heteroatoms. The second-order valence-electron chi connectivity index (χ2n) is 7.44. The largest absolute Gasteiger partial charge is 0.492 e. The summed E-state index contributed by atoms with van der Waals surface area (Å²) in [5, 5.41) is 3.71. The fourth-order valence-corrected chi connectivity index (χ4v) is 3.55. The van der Waals surface area contributed by atoms with Crippen LogP contribution in [-0.4, -0.2) is 38.7 Å². The van der Waals surface area contributed by atoms with E-state index >= 15 is 0 Å². The van der Waals surface area contributed by atoms with E-state index in [0.29, 0.717) is 0 Å². The van der Waals surface area contributed by atoms with Gasteiger partial charge < -0.3 is 15.0 Å². The Kier molecular flexibility index (Phi) is 5.45. The maximum Gasteiger partial charge on any atom is 0.119 e. The monoisotopic (exact) mass is 338 g/mol. The maximum atomic E-state index is 5.92. The third kappa shape index (κ3) is 4.05. The molecule has 0 saturated carbocycles. The number of likely N-dealkylation sites (N-methyl/N-ethyl adjacent to an activating group) is 1. The van der Waals surface area contributed by atoms with Crippen molar-refractivity contribution in [2.45, 2.75) is 33.2 Å². The Bertz CT molecular complexity index is 752. The molecule has 0 amide bonds. The molecule has 0 bridgehead atoms. The normalized spacial score (nSPS) is 16.8. The van der Waals surface area contributed by atoms with Crippen molar-refractivity contribution in [2.24, 2.45) is 0 Å². The number of nitrogens with zero attached hydrogens (tertiary/aromatic N) is 1. The third-order valence-corrected chi connectivity index (χ3v) is 5.17. The molecule has 1 heterocycles. The molecule has 3 nitrogen and oxygen atoms in total. The number of benzene rings is 2. The topological polar surface area (TPSA) is 24.5 Å². The number of rotatable bonds is 5. The Morgan fingerprint density at radius 2 is 1.76 bits per heavy atom. The fourth-order valence-electron chi connectivity index (χ4n) is 3.55. The number of aryl methyl sites for hydroxylation is 3. The predicted octanol–water partition coefficient (Wildman–Crippen LogP) is 3.79. The molecule has 0 saturated heterocycles. The van der Waals surface area contributed by atoms with E-state index in [2.05, 4.69) is 75.4 Å². The zero-order chi connectivity index (χ0) is 18.0. The van der Waals surface area contributed by atoms with E-state index in [-0.39, 0.29) is 6.04 Å². The van der Waals surface area contributed by atoms with Gasteiger partial charge in [0.25, 0.3) is 0 Å². The molecule has 3 rings (SSSR count). The number of hydrogen-bond acceptors (Lipinski definition) is 3. The zero-order valence-electron chi connectivity index (χ0n) is 16.1. The van der Waals surface area contributed by atoms with Crippen molar-refractivity contribution in [2.75, 3.05) is 33.8 Å². The van der Waals surface area contributed by atoms with Crippen molar-refractivity contribution in [1.82, 2.24) is 10.2 Å². The van der Waals surface area contributed by atoms with Crippen LogP contribution in [0.2, 0.25) is 0 Å². The lowest BCUT2D eigenvalue weighted by atomic mass is 9.86. The van der Waals surface area contributed by atoms with Crippen LogP contribution < -0.4 is 10.1 Å². The van der Waals surface area contributed by atoms with Gasteiger partial charge in [-0.3, -0.25) is 0 Å². The molecule has 1 atom stereocenters. The van der Waals surface area contributed by atoms with Gasteiger partial charge in [-0.2, -0.15) is 0 Å². The summed E-state index contributed by atoms with van der Waals surface area (Å²) in [6.45, 7) is 9.27. The quantitative estimate of drug-likeness (QED) is 0.898. The van der Waals surface area contributed by atoms with E-state index in [1.165, 1.54) is 33.4 Å². The SMILES string of the molecule is Cc1cc(C)c(C2NCCc3cc(OCCN(C)C)ccc32)cc1C. The summed E-state index contributed by atoms with van der Waals surface area (Å²) in [6.07, 6.45) is 1.06. The number of nitrogens with one attached hydrogen (secondary N) is 1. The highest BCUT2D eigenvalue weighted by molar-refractivity contribution is 5.47. The molecule has 0 aromatic heterocycles. The van der Waals surface area contributed by atoms with Crippen LogP contribution in [0.5, 0.6) is 5.75 Å². The number of fused-ring (bicyclic) bond motifs is 1. The number of ether oxygens (including phenoxy) is 1. The molecular weight excluding hydrogens is 308 g/mol. The van der Waals surface area contributed by atoms with Gasteiger partial charge in [0.2, 0.25) is 0 Å². The van der Waals surface area contributed by atoms with Crippen LogP contribution in [0.25, 0.3) is 0 Å². The van der Waals surface area contributed by atoms with Gasteiger partial charge in [0.15, 0.2) is 0 Å². The first-order chi connectivity index (χ1) is 12.0. The highest BCUT2D eigenvalue weighted by Crippen LogP contribution is 2.33. The maximum absolute atomic E-state index is 5.92. The van der Waals surface area contributed by atoms with E-state index < -0.39 is 0 Å². The van der Waals surface area contributed by atoms with Gasteiger partial charge in [0.05, 0.1) is 6.04 Å².